The summed E-state index contributed by atoms with van der Waals surface area (Å²) in [6, 6.07) is 16.4. The molecule has 0 radical (unpaired) electrons. The van der Waals surface area contributed by atoms with Gasteiger partial charge < -0.3 is 9.64 Å². The van der Waals surface area contributed by atoms with Crippen molar-refractivity contribution in [1.29, 1.82) is 0 Å². The lowest BCUT2D eigenvalue weighted by Gasteiger charge is -2.29. The highest BCUT2D eigenvalue weighted by atomic mass is 32.1. The number of carbonyl (C=O) groups excluding carboxylic acids is 1. The first kappa shape index (κ1) is 17.7. The van der Waals surface area contributed by atoms with Crippen LogP contribution in [0.1, 0.15) is 30.3 Å². The molecule has 27 heavy (non-hydrogen) atoms. The van der Waals surface area contributed by atoms with E-state index in [-0.39, 0.29) is 12.5 Å². The lowest BCUT2D eigenvalue weighted by molar-refractivity contribution is -0.121. The van der Waals surface area contributed by atoms with Crippen LogP contribution in [-0.2, 0) is 11.2 Å². The number of hydrogen-bond acceptors (Lipinski definition) is 4. The molecule has 0 fully saturated rings. The third kappa shape index (κ3) is 3.88. The fraction of sp³-hybridized carbons (Fsp3) is 0.273. The van der Waals surface area contributed by atoms with E-state index in [2.05, 4.69) is 36.6 Å². The number of anilines is 1. The first-order valence-corrected chi connectivity index (χ1v) is 10.2. The molecule has 0 unspecified atom stereocenters. The summed E-state index contributed by atoms with van der Waals surface area (Å²) in [4.78, 5) is 19.0. The van der Waals surface area contributed by atoms with E-state index in [1.165, 1.54) is 5.56 Å². The highest BCUT2D eigenvalue weighted by Crippen LogP contribution is 2.36. The zero-order valence-electron chi connectivity index (χ0n) is 15.4. The van der Waals surface area contributed by atoms with E-state index in [9.17, 15) is 4.79 Å². The summed E-state index contributed by atoms with van der Waals surface area (Å²) in [5, 5.41) is 3.17. The Hall–Kier alpha value is -2.66. The van der Waals surface area contributed by atoms with Gasteiger partial charge in [-0.3, -0.25) is 4.79 Å². The van der Waals surface area contributed by atoms with Crippen LogP contribution in [0, 0.1) is 0 Å². The van der Waals surface area contributed by atoms with Gasteiger partial charge in [-0.05, 0) is 30.2 Å². The van der Waals surface area contributed by atoms with Gasteiger partial charge in [0.2, 0.25) is 0 Å². The summed E-state index contributed by atoms with van der Waals surface area (Å²) in [6.07, 6.45) is 2.86. The zero-order chi connectivity index (χ0) is 18.6. The van der Waals surface area contributed by atoms with Gasteiger partial charge in [0, 0.05) is 23.9 Å². The van der Waals surface area contributed by atoms with Crippen LogP contribution in [0.3, 0.4) is 0 Å². The predicted octanol–water partition coefficient (Wildman–Crippen LogP) is 4.93. The predicted molar refractivity (Wildman–Crippen MR) is 110 cm³/mol. The first-order valence-electron chi connectivity index (χ1n) is 9.30. The fourth-order valence-electron chi connectivity index (χ4n) is 3.22. The second-order valence-corrected chi connectivity index (χ2v) is 7.60. The van der Waals surface area contributed by atoms with Gasteiger partial charge in [-0.15, -0.1) is 11.3 Å². The molecular formula is C22H22N2O2S. The van der Waals surface area contributed by atoms with Crippen molar-refractivity contribution < 1.29 is 9.53 Å². The van der Waals surface area contributed by atoms with Crippen LogP contribution in [0.5, 0.6) is 5.75 Å². The van der Waals surface area contributed by atoms with Gasteiger partial charge in [-0.2, -0.15) is 0 Å². The first-order chi connectivity index (χ1) is 13.2. The molecule has 138 valence electrons. The van der Waals surface area contributed by atoms with Gasteiger partial charge in [-0.1, -0.05) is 43.7 Å². The number of thiazole rings is 1. The Kier molecular flexibility index (Phi) is 5.21. The molecule has 3 aromatic rings. The second kappa shape index (κ2) is 7.92. The van der Waals surface area contributed by atoms with Crippen molar-refractivity contribution in [1.82, 2.24) is 4.98 Å². The summed E-state index contributed by atoms with van der Waals surface area (Å²) in [6.45, 7) is 2.98. The van der Waals surface area contributed by atoms with Crippen molar-refractivity contribution in [2.24, 2.45) is 0 Å². The molecule has 1 aliphatic rings. The molecule has 0 aliphatic carbocycles. The summed E-state index contributed by atoms with van der Waals surface area (Å²) in [5.74, 6) is 0.797. The van der Waals surface area contributed by atoms with Crippen LogP contribution in [0.2, 0.25) is 0 Å². The minimum absolute atomic E-state index is 0.0242. The summed E-state index contributed by atoms with van der Waals surface area (Å²) in [5.41, 5.74) is 4.08. The molecule has 1 aliphatic heterocycles. The van der Waals surface area contributed by atoms with E-state index in [1.54, 1.807) is 11.3 Å². The summed E-state index contributed by atoms with van der Waals surface area (Å²) >= 11 is 1.67. The minimum atomic E-state index is 0.0242. The van der Waals surface area contributed by atoms with Gasteiger partial charge in [0.05, 0.1) is 16.4 Å². The van der Waals surface area contributed by atoms with Gasteiger partial charge in [0.1, 0.15) is 5.75 Å². The minimum Gasteiger partial charge on any atom is -0.482 e. The summed E-state index contributed by atoms with van der Waals surface area (Å²) < 4.78 is 5.61. The maximum absolute atomic E-state index is 12.3. The number of aromatic nitrogens is 1. The molecule has 0 N–H and O–H groups in total. The Balaban J connectivity index is 1.60. The average molecular weight is 378 g/mol. The number of rotatable bonds is 6. The smallest absolute Gasteiger partial charge is 0.265 e. The number of ether oxygens (including phenoxy) is 1. The lowest BCUT2D eigenvalue weighted by Crippen LogP contribution is -2.39. The highest BCUT2D eigenvalue weighted by molar-refractivity contribution is 7.10. The molecule has 2 heterocycles. The monoisotopic (exact) mass is 378 g/mol. The van der Waals surface area contributed by atoms with E-state index < -0.39 is 0 Å². The van der Waals surface area contributed by atoms with Crippen molar-refractivity contribution in [3.63, 3.8) is 0 Å². The van der Waals surface area contributed by atoms with Crippen molar-refractivity contribution >= 4 is 22.9 Å². The Labute approximate surface area is 163 Å². The molecule has 0 spiro atoms. The molecule has 0 saturated carbocycles. The molecular weight excluding hydrogens is 356 g/mol. The Morgan fingerprint density at radius 1 is 1.19 bits per heavy atom. The number of benzene rings is 2. The number of hydrogen-bond donors (Lipinski definition) is 0. The third-order valence-corrected chi connectivity index (χ3v) is 5.53. The van der Waals surface area contributed by atoms with E-state index in [0.717, 1.165) is 53.5 Å². The van der Waals surface area contributed by atoms with Gasteiger partial charge >= 0.3 is 0 Å². The van der Waals surface area contributed by atoms with Crippen molar-refractivity contribution in [2.45, 2.75) is 26.2 Å². The van der Waals surface area contributed by atoms with Crippen LogP contribution in [0.4, 0.5) is 5.69 Å². The number of unbranched alkanes of at least 4 members (excludes halogenated alkanes) is 1. The molecule has 5 heteroatoms. The number of fused-ring (bicyclic) bond motifs is 1. The van der Waals surface area contributed by atoms with Crippen LogP contribution in [0.15, 0.2) is 53.9 Å². The molecule has 4 nitrogen and oxygen atoms in total. The topological polar surface area (TPSA) is 42.4 Å². The second-order valence-electron chi connectivity index (χ2n) is 6.66. The molecule has 0 saturated heterocycles. The SMILES string of the molecule is CCCCN1C(=O)COc2ccc(-c3csc(Cc4ccccc4)n3)cc21. The Morgan fingerprint density at radius 3 is 2.85 bits per heavy atom. The van der Waals surface area contributed by atoms with E-state index in [1.807, 2.05) is 29.2 Å². The number of carbonyl (C=O) groups is 1. The molecule has 0 atom stereocenters. The largest absolute Gasteiger partial charge is 0.482 e. The average Bonchev–Trinajstić information content (AvgIpc) is 3.16. The summed E-state index contributed by atoms with van der Waals surface area (Å²) in [7, 11) is 0. The molecule has 4 rings (SSSR count). The van der Waals surface area contributed by atoms with Crippen LogP contribution >= 0.6 is 11.3 Å². The standard InChI is InChI=1S/C22H22N2O2S/c1-2-3-11-24-19-13-17(9-10-20(19)26-14-22(24)25)18-15-27-21(23-18)12-16-7-5-4-6-8-16/h4-10,13,15H,2-3,11-12,14H2,1H3. The molecule has 2 aromatic carbocycles. The molecule has 1 amide bonds. The number of amides is 1. The van der Waals surface area contributed by atoms with Crippen LogP contribution < -0.4 is 9.64 Å². The Bertz CT molecular complexity index is 936. The maximum atomic E-state index is 12.3. The van der Waals surface area contributed by atoms with Crippen molar-refractivity contribution in [2.75, 3.05) is 18.1 Å². The highest BCUT2D eigenvalue weighted by Gasteiger charge is 2.25. The van der Waals surface area contributed by atoms with Crippen LogP contribution in [-0.4, -0.2) is 24.0 Å². The lowest BCUT2D eigenvalue weighted by atomic mass is 10.1. The van der Waals surface area contributed by atoms with Gasteiger partial charge in [0.15, 0.2) is 6.61 Å². The van der Waals surface area contributed by atoms with Gasteiger partial charge in [-0.25, -0.2) is 4.98 Å². The normalized spacial score (nSPS) is 13.4. The number of nitrogens with zero attached hydrogens (tertiary/aromatic N) is 2. The third-order valence-electron chi connectivity index (χ3n) is 4.68. The van der Waals surface area contributed by atoms with E-state index in [0.29, 0.717) is 0 Å². The van der Waals surface area contributed by atoms with Crippen molar-refractivity contribution in [3.8, 4) is 17.0 Å². The van der Waals surface area contributed by atoms with E-state index in [4.69, 9.17) is 9.72 Å². The zero-order valence-corrected chi connectivity index (χ0v) is 16.2. The maximum Gasteiger partial charge on any atom is 0.265 e. The molecule has 0 bridgehead atoms. The van der Waals surface area contributed by atoms with Crippen molar-refractivity contribution in [3.05, 3.63) is 64.5 Å². The van der Waals surface area contributed by atoms with E-state index >= 15 is 0 Å². The fourth-order valence-corrected chi connectivity index (χ4v) is 4.06. The van der Waals surface area contributed by atoms with Gasteiger partial charge in [0.25, 0.3) is 5.91 Å². The van der Waals surface area contributed by atoms with Crippen LogP contribution in [0.25, 0.3) is 11.3 Å². The molecule has 1 aromatic heterocycles. The quantitative estimate of drug-likeness (QED) is 0.611. The Morgan fingerprint density at radius 2 is 2.04 bits per heavy atom.